The summed E-state index contributed by atoms with van der Waals surface area (Å²) in [6.45, 7) is 2.10. The first-order valence-electron chi connectivity index (χ1n) is 5.87. The molecule has 3 rings (SSSR count). The monoisotopic (exact) mass is 235 g/mol. The molecule has 0 saturated carbocycles. The van der Waals surface area contributed by atoms with Crippen LogP contribution in [0.25, 0.3) is 22.4 Å². The lowest BCUT2D eigenvalue weighted by atomic mass is 9.96. The molecular formula is C15H13N3. The fraction of sp³-hybridized carbons (Fsp3) is 0.0667. The minimum atomic E-state index is 0.869. The molecule has 0 aliphatic carbocycles. The van der Waals surface area contributed by atoms with Crippen LogP contribution in [0, 0.1) is 6.92 Å². The van der Waals surface area contributed by atoms with E-state index in [1.807, 2.05) is 18.2 Å². The second kappa shape index (κ2) is 4.45. The number of aromatic amines is 1. The van der Waals surface area contributed by atoms with Gasteiger partial charge in [0, 0.05) is 5.56 Å². The second-order valence-electron chi connectivity index (χ2n) is 4.27. The number of aromatic nitrogens is 3. The summed E-state index contributed by atoms with van der Waals surface area (Å²) in [6.07, 6.45) is 1.75. The van der Waals surface area contributed by atoms with Gasteiger partial charge in [-0.2, -0.15) is 15.4 Å². The SMILES string of the molecule is Cc1ccc(-c2cn[nH]n2)c(-c2ccccc2)c1. The van der Waals surface area contributed by atoms with Gasteiger partial charge in [0.1, 0.15) is 5.69 Å². The predicted octanol–water partition coefficient (Wildman–Crippen LogP) is 3.45. The molecule has 0 aliphatic heterocycles. The maximum Gasteiger partial charge on any atom is 0.113 e. The summed E-state index contributed by atoms with van der Waals surface area (Å²) in [7, 11) is 0. The molecule has 1 heterocycles. The molecule has 3 nitrogen and oxygen atoms in total. The van der Waals surface area contributed by atoms with Crippen LogP contribution in [0.5, 0.6) is 0 Å². The molecule has 0 amide bonds. The molecule has 0 fully saturated rings. The highest BCUT2D eigenvalue weighted by atomic mass is 15.3. The van der Waals surface area contributed by atoms with Crippen molar-refractivity contribution in [3.8, 4) is 22.4 Å². The highest BCUT2D eigenvalue weighted by Crippen LogP contribution is 2.31. The highest BCUT2D eigenvalue weighted by molar-refractivity contribution is 5.81. The topological polar surface area (TPSA) is 41.6 Å². The van der Waals surface area contributed by atoms with Crippen LogP contribution in [0.2, 0.25) is 0 Å². The Bertz CT molecular complexity index is 643. The number of rotatable bonds is 2. The average Bonchev–Trinajstić information content (AvgIpc) is 2.93. The molecule has 0 spiro atoms. The van der Waals surface area contributed by atoms with E-state index in [-0.39, 0.29) is 0 Å². The largest absolute Gasteiger partial charge is 0.197 e. The zero-order valence-electron chi connectivity index (χ0n) is 10.1. The quantitative estimate of drug-likeness (QED) is 0.739. The Morgan fingerprint density at radius 3 is 2.50 bits per heavy atom. The van der Waals surface area contributed by atoms with Crippen LogP contribution in [0.1, 0.15) is 5.56 Å². The van der Waals surface area contributed by atoms with Gasteiger partial charge in [-0.3, -0.25) is 0 Å². The van der Waals surface area contributed by atoms with E-state index >= 15 is 0 Å². The van der Waals surface area contributed by atoms with Gasteiger partial charge in [-0.05, 0) is 18.1 Å². The normalized spacial score (nSPS) is 10.5. The van der Waals surface area contributed by atoms with Gasteiger partial charge < -0.3 is 0 Å². The van der Waals surface area contributed by atoms with Crippen molar-refractivity contribution in [2.24, 2.45) is 0 Å². The van der Waals surface area contributed by atoms with Crippen LogP contribution in [0.3, 0.4) is 0 Å². The Morgan fingerprint density at radius 1 is 0.944 bits per heavy atom. The smallest absolute Gasteiger partial charge is 0.113 e. The molecule has 0 aliphatic rings. The van der Waals surface area contributed by atoms with Crippen LogP contribution in [0.4, 0.5) is 0 Å². The molecule has 18 heavy (non-hydrogen) atoms. The molecular weight excluding hydrogens is 222 g/mol. The molecule has 1 N–H and O–H groups in total. The van der Waals surface area contributed by atoms with Gasteiger partial charge in [-0.25, -0.2) is 0 Å². The standard InChI is InChI=1S/C15H13N3/c1-11-7-8-13(15-10-16-18-17-15)14(9-11)12-5-3-2-4-6-12/h2-10H,1H3,(H,16,17,18). The summed E-state index contributed by atoms with van der Waals surface area (Å²) >= 11 is 0. The Kier molecular flexibility index (Phi) is 2.65. The van der Waals surface area contributed by atoms with Crippen LogP contribution in [0.15, 0.2) is 54.7 Å². The van der Waals surface area contributed by atoms with Gasteiger partial charge >= 0.3 is 0 Å². The van der Waals surface area contributed by atoms with Crippen LogP contribution < -0.4 is 0 Å². The number of nitrogens with one attached hydrogen (secondary N) is 1. The summed E-state index contributed by atoms with van der Waals surface area (Å²) in [5.74, 6) is 0. The van der Waals surface area contributed by atoms with E-state index in [2.05, 4.69) is 52.7 Å². The molecule has 2 aromatic carbocycles. The molecule has 0 bridgehead atoms. The molecule has 1 aromatic heterocycles. The maximum atomic E-state index is 4.17. The lowest BCUT2D eigenvalue weighted by Gasteiger charge is -2.08. The van der Waals surface area contributed by atoms with Crippen LogP contribution >= 0.6 is 0 Å². The summed E-state index contributed by atoms with van der Waals surface area (Å²) < 4.78 is 0. The van der Waals surface area contributed by atoms with E-state index in [1.165, 1.54) is 16.7 Å². The van der Waals surface area contributed by atoms with Crippen molar-refractivity contribution < 1.29 is 0 Å². The third kappa shape index (κ3) is 1.91. The number of hydrogen-bond acceptors (Lipinski definition) is 2. The van der Waals surface area contributed by atoms with Gasteiger partial charge in [0.15, 0.2) is 0 Å². The van der Waals surface area contributed by atoms with Crippen molar-refractivity contribution in [2.75, 3.05) is 0 Å². The number of benzene rings is 2. The summed E-state index contributed by atoms with van der Waals surface area (Å²) in [4.78, 5) is 0. The fourth-order valence-corrected chi connectivity index (χ4v) is 2.07. The molecule has 3 heteroatoms. The molecule has 0 atom stereocenters. The Morgan fingerprint density at radius 2 is 1.78 bits per heavy atom. The fourth-order valence-electron chi connectivity index (χ4n) is 2.07. The molecule has 3 aromatic rings. The second-order valence-corrected chi connectivity index (χ2v) is 4.27. The van der Waals surface area contributed by atoms with Crippen molar-refractivity contribution in [3.05, 3.63) is 60.3 Å². The zero-order chi connectivity index (χ0) is 12.4. The summed E-state index contributed by atoms with van der Waals surface area (Å²) in [6, 6.07) is 16.7. The van der Waals surface area contributed by atoms with Crippen molar-refractivity contribution in [3.63, 3.8) is 0 Å². The van der Waals surface area contributed by atoms with Crippen molar-refractivity contribution in [1.82, 2.24) is 15.4 Å². The maximum absolute atomic E-state index is 4.17. The number of hydrogen-bond donors (Lipinski definition) is 1. The highest BCUT2D eigenvalue weighted by Gasteiger charge is 2.09. The molecule has 0 radical (unpaired) electrons. The molecule has 0 saturated heterocycles. The number of aryl methyl sites for hydroxylation is 1. The van der Waals surface area contributed by atoms with E-state index in [1.54, 1.807) is 6.20 Å². The molecule has 88 valence electrons. The van der Waals surface area contributed by atoms with Gasteiger partial charge in [-0.15, -0.1) is 0 Å². The van der Waals surface area contributed by atoms with Crippen molar-refractivity contribution >= 4 is 0 Å². The number of nitrogens with zero attached hydrogens (tertiary/aromatic N) is 2. The van der Waals surface area contributed by atoms with Gasteiger partial charge in [0.25, 0.3) is 0 Å². The first-order valence-corrected chi connectivity index (χ1v) is 5.87. The van der Waals surface area contributed by atoms with Gasteiger partial charge in [-0.1, -0.05) is 54.1 Å². The Balaban J connectivity index is 2.22. The number of H-pyrrole nitrogens is 1. The minimum absolute atomic E-state index is 0.869. The van der Waals surface area contributed by atoms with Crippen LogP contribution in [-0.4, -0.2) is 15.4 Å². The first kappa shape index (κ1) is 10.7. The first-order chi connectivity index (χ1) is 8.84. The predicted molar refractivity (Wildman–Crippen MR) is 72.0 cm³/mol. The third-order valence-corrected chi connectivity index (χ3v) is 2.95. The van der Waals surface area contributed by atoms with Crippen LogP contribution in [-0.2, 0) is 0 Å². The van der Waals surface area contributed by atoms with Gasteiger partial charge in [0.05, 0.1) is 6.20 Å². The zero-order valence-corrected chi connectivity index (χ0v) is 10.1. The molecule has 0 unspecified atom stereocenters. The van der Waals surface area contributed by atoms with E-state index < -0.39 is 0 Å². The van der Waals surface area contributed by atoms with E-state index in [9.17, 15) is 0 Å². The Hall–Kier alpha value is -2.42. The lowest BCUT2D eigenvalue weighted by molar-refractivity contribution is 0.942. The van der Waals surface area contributed by atoms with Gasteiger partial charge in [0.2, 0.25) is 0 Å². The lowest BCUT2D eigenvalue weighted by Crippen LogP contribution is -1.87. The summed E-state index contributed by atoms with van der Waals surface area (Å²) in [5.41, 5.74) is 5.58. The summed E-state index contributed by atoms with van der Waals surface area (Å²) in [5, 5.41) is 10.7. The Labute approximate surface area is 105 Å². The van der Waals surface area contributed by atoms with Crippen molar-refractivity contribution in [2.45, 2.75) is 6.92 Å². The van der Waals surface area contributed by atoms with Crippen molar-refractivity contribution in [1.29, 1.82) is 0 Å². The third-order valence-electron chi connectivity index (χ3n) is 2.95. The van der Waals surface area contributed by atoms with E-state index in [4.69, 9.17) is 0 Å². The average molecular weight is 235 g/mol. The van der Waals surface area contributed by atoms with E-state index in [0.29, 0.717) is 0 Å². The van der Waals surface area contributed by atoms with E-state index in [0.717, 1.165) is 11.3 Å². The minimum Gasteiger partial charge on any atom is -0.197 e.